The van der Waals surface area contributed by atoms with Crippen LogP contribution in [0.5, 0.6) is 0 Å². The predicted molar refractivity (Wildman–Crippen MR) is 72.5 cm³/mol. The number of hydrogen-bond acceptors (Lipinski definition) is 3. The largest absolute Gasteiger partial charge is 0.308 e. The van der Waals surface area contributed by atoms with Crippen LogP contribution in [0.3, 0.4) is 0 Å². The molecule has 0 amide bonds. The maximum Gasteiger partial charge on any atom is 0.114 e. The highest BCUT2D eigenvalue weighted by Gasteiger charge is 2.46. The zero-order valence-electron chi connectivity index (χ0n) is 10.9. The summed E-state index contributed by atoms with van der Waals surface area (Å²) in [6.45, 7) is 2.30. The van der Waals surface area contributed by atoms with Crippen LogP contribution in [0.4, 0.5) is 0 Å². The lowest BCUT2D eigenvalue weighted by atomic mass is 9.91. The van der Waals surface area contributed by atoms with E-state index in [1.807, 2.05) is 11.3 Å². The minimum absolute atomic E-state index is 0.183. The van der Waals surface area contributed by atoms with Gasteiger partial charge in [-0.05, 0) is 57.9 Å². The zero-order valence-corrected chi connectivity index (χ0v) is 11.7. The van der Waals surface area contributed by atoms with E-state index in [0.717, 1.165) is 5.92 Å². The third-order valence-electron chi connectivity index (χ3n) is 4.51. The van der Waals surface area contributed by atoms with Crippen LogP contribution in [-0.2, 0) is 18.4 Å². The van der Waals surface area contributed by atoms with Crippen LogP contribution in [0, 0.1) is 5.92 Å². The van der Waals surface area contributed by atoms with Crippen molar-refractivity contribution < 1.29 is 0 Å². The number of hydrogen-bond donors (Lipinski definition) is 1. The summed E-state index contributed by atoms with van der Waals surface area (Å²) in [6.07, 6.45) is 9.08. The fraction of sp³-hybridized carbons (Fsp3) is 0.786. The van der Waals surface area contributed by atoms with Gasteiger partial charge in [0.1, 0.15) is 5.01 Å². The molecule has 1 N–H and O–H groups in total. The second-order valence-corrected chi connectivity index (χ2v) is 6.53. The average Bonchev–Trinajstić information content (AvgIpc) is 3.11. The van der Waals surface area contributed by atoms with Crippen molar-refractivity contribution in [3.05, 3.63) is 15.6 Å². The third kappa shape index (κ3) is 1.84. The first-order valence-corrected chi connectivity index (χ1v) is 7.79. The molecule has 3 heteroatoms. The average molecular weight is 250 g/mol. The van der Waals surface area contributed by atoms with Gasteiger partial charge in [0.25, 0.3) is 0 Å². The number of fused-ring (bicyclic) bond motifs is 1. The SMILES string of the molecule is CCC(NC)(c1nc2c(s1)CCCC2)C1CC1. The summed E-state index contributed by atoms with van der Waals surface area (Å²) in [6, 6.07) is 0. The highest BCUT2D eigenvalue weighted by Crippen LogP contribution is 2.49. The summed E-state index contributed by atoms with van der Waals surface area (Å²) < 4.78 is 0. The highest BCUT2D eigenvalue weighted by molar-refractivity contribution is 7.11. The smallest absolute Gasteiger partial charge is 0.114 e. The maximum atomic E-state index is 4.98. The van der Waals surface area contributed by atoms with Crippen molar-refractivity contribution in [3.63, 3.8) is 0 Å². The Labute approximate surface area is 108 Å². The molecule has 1 unspecified atom stereocenters. The first-order valence-electron chi connectivity index (χ1n) is 6.98. The second-order valence-electron chi connectivity index (χ2n) is 5.45. The Morgan fingerprint density at radius 1 is 1.35 bits per heavy atom. The van der Waals surface area contributed by atoms with Gasteiger partial charge >= 0.3 is 0 Å². The first kappa shape index (κ1) is 11.7. The van der Waals surface area contributed by atoms with Gasteiger partial charge in [-0.2, -0.15) is 0 Å². The van der Waals surface area contributed by atoms with E-state index in [1.54, 1.807) is 4.88 Å². The molecule has 1 heterocycles. The Morgan fingerprint density at radius 3 is 2.71 bits per heavy atom. The lowest BCUT2D eigenvalue weighted by Crippen LogP contribution is -2.41. The standard InChI is InChI=1S/C14H22N2S/c1-3-14(15-2,10-8-9-10)13-16-11-6-4-5-7-12(11)17-13/h10,15H,3-9H2,1-2H3. The minimum Gasteiger partial charge on any atom is -0.308 e. The van der Waals surface area contributed by atoms with E-state index >= 15 is 0 Å². The fourth-order valence-corrected chi connectivity index (χ4v) is 4.72. The number of rotatable bonds is 4. The van der Waals surface area contributed by atoms with E-state index in [1.165, 1.54) is 55.6 Å². The molecular weight excluding hydrogens is 228 g/mol. The Morgan fingerprint density at radius 2 is 2.12 bits per heavy atom. The molecule has 0 bridgehead atoms. The van der Waals surface area contributed by atoms with Gasteiger partial charge in [0.05, 0.1) is 11.2 Å². The molecule has 1 aromatic heterocycles. The van der Waals surface area contributed by atoms with E-state index in [0.29, 0.717) is 0 Å². The van der Waals surface area contributed by atoms with E-state index < -0.39 is 0 Å². The number of aromatic nitrogens is 1. The van der Waals surface area contributed by atoms with Crippen LogP contribution in [-0.4, -0.2) is 12.0 Å². The molecule has 0 aromatic carbocycles. The van der Waals surface area contributed by atoms with Crippen molar-refractivity contribution in [1.82, 2.24) is 10.3 Å². The Balaban J connectivity index is 1.98. The minimum atomic E-state index is 0.183. The van der Waals surface area contributed by atoms with Gasteiger partial charge in [0.15, 0.2) is 0 Å². The monoisotopic (exact) mass is 250 g/mol. The van der Waals surface area contributed by atoms with Gasteiger partial charge in [-0.3, -0.25) is 0 Å². The van der Waals surface area contributed by atoms with Gasteiger partial charge in [-0.1, -0.05) is 6.92 Å². The van der Waals surface area contributed by atoms with Gasteiger partial charge in [-0.25, -0.2) is 4.98 Å². The molecule has 94 valence electrons. The van der Waals surface area contributed by atoms with Crippen molar-refractivity contribution in [3.8, 4) is 0 Å². The molecule has 0 spiro atoms. The Bertz CT molecular complexity index is 379. The molecule has 0 radical (unpaired) electrons. The molecule has 17 heavy (non-hydrogen) atoms. The molecule has 1 atom stereocenters. The lowest BCUT2D eigenvalue weighted by molar-refractivity contribution is 0.297. The normalized spacial score (nSPS) is 23.2. The number of nitrogens with one attached hydrogen (secondary N) is 1. The van der Waals surface area contributed by atoms with Crippen molar-refractivity contribution in [1.29, 1.82) is 0 Å². The Hall–Kier alpha value is -0.410. The molecule has 2 aliphatic rings. The second kappa shape index (κ2) is 4.36. The van der Waals surface area contributed by atoms with Crippen LogP contribution in [0.1, 0.15) is 54.6 Å². The predicted octanol–water partition coefficient (Wildman–Crippen LogP) is 3.26. The van der Waals surface area contributed by atoms with E-state index in [4.69, 9.17) is 4.98 Å². The molecule has 2 nitrogen and oxygen atoms in total. The quantitative estimate of drug-likeness (QED) is 0.887. The summed E-state index contributed by atoms with van der Waals surface area (Å²) in [4.78, 5) is 6.55. The molecular formula is C14H22N2S. The zero-order chi connectivity index (χ0) is 11.9. The van der Waals surface area contributed by atoms with Crippen molar-refractivity contribution in [2.45, 2.75) is 57.4 Å². The van der Waals surface area contributed by atoms with E-state index in [9.17, 15) is 0 Å². The van der Waals surface area contributed by atoms with E-state index in [2.05, 4.69) is 19.3 Å². The summed E-state index contributed by atoms with van der Waals surface area (Å²) in [5, 5.41) is 4.97. The van der Waals surface area contributed by atoms with Gasteiger partial charge < -0.3 is 5.32 Å². The molecule has 1 fully saturated rings. The van der Waals surface area contributed by atoms with Crippen LogP contribution >= 0.6 is 11.3 Å². The molecule has 1 saturated carbocycles. The van der Waals surface area contributed by atoms with Crippen LogP contribution in [0.2, 0.25) is 0 Å². The van der Waals surface area contributed by atoms with Crippen molar-refractivity contribution in [2.24, 2.45) is 5.92 Å². The molecule has 2 aliphatic carbocycles. The van der Waals surface area contributed by atoms with Crippen LogP contribution < -0.4 is 5.32 Å². The van der Waals surface area contributed by atoms with Crippen LogP contribution in [0.25, 0.3) is 0 Å². The molecule has 0 saturated heterocycles. The number of aryl methyl sites for hydroxylation is 2. The molecule has 3 rings (SSSR count). The number of nitrogens with zero attached hydrogens (tertiary/aromatic N) is 1. The van der Waals surface area contributed by atoms with Gasteiger partial charge in [0, 0.05) is 4.88 Å². The summed E-state index contributed by atoms with van der Waals surface area (Å²) in [5.74, 6) is 0.824. The van der Waals surface area contributed by atoms with Gasteiger partial charge in [-0.15, -0.1) is 11.3 Å². The van der Waals surface area contributed by atoms with Crippen molar-refractivity contribution >= 4 is 11.3 Å². The van der Waals surface area contributed by atoms with E-state index in [-0.39, 0.29) is 5.54 Å². The van der Waals surface area contributed by atoms with Crippen LogP contribution in [0.15, 0.2) is 0 Å². The molecule has 1 aromatic rings. The number of thiazole rings is 1. The third-order valence-corrected chi connectivity index (χ3v) is 5.84. The maximum absolute atomic E-state index is 4.98. The topological polar surface area (TPSA) is 24.9 Å². The summed E-state index contributed by atoms with van der Waals surface area (Å²) in [7, 11) is 2.11. The summed E-state index contributed by atoms with van der Waals surface area (Å²) in [5.41, 5.74) is 1.59. The fourth-order valence-electron chi connectivity index (χ4n) is 3.22. The Kier molecular flexibility index (Phi) is 2.99. The lowest BCUT2D eigenvalue weighted by Gasteiger charge is -2.30. The first-order chi connectivity index (χ1) is 8.30. The highest BCUT2D eigenvalue weighted by atomic mass is 32.1. The van der Waals surface area contributed by atoms with Gasteiger partial charge in [0.2, 0.25) is 0 Å². The molecule has 0 aliphatic heterocycles. The summed E-state index contributed by atoms with van der Waals surface area (Å²) >= 11 is 1.99. The van der Waals surface area contributed by atoms with Crippen molar-refractivity contribution in [2.75, 3.05) is 7.05 Å².